The summed E-state index contributed by atoms with van der Waals surface area (Å²) in [5.41, 5.74) is 2.06. The van der Waals surface area contributed by atoms with Gasteiger partial charge in [0, 0.05) is 30.4 Å². The van der Waals surface area contributed by atoms with Gasteiger partial charge < -0.3 is 10.0 Å². The summed E-state index contributed by atoms with van der Waals surface area (Å²) in [5, 5.41) is 10.4. The highest BCUT2D eigenvalue weighted by molar-refractivity contribution is 5.76. The fourth-order valence-corrected chi connectivity index (χ4v) is 3.33. The van der Waals surface area contributed by atoms with Crippen LogP contribution in [0.4, 0.5) is 8.78 Å². The van der Waals surface area contributed by atoms with Gasteiger partial charge in [0.2, 0.25) is 5.91 Å². The lowest BCUT2D eigenvalue weighted by Gasteiger charge is -2.31. The molecule has 0 radical (unpaired) electrons. The van der Waals surface area contributed by atoms with E-state index in [1.807, 2.05) is 0 Å². The molecule has 0 aliphatic heterocycles. The molecule has 1 amide bonds. The summed E-state index contributed by atoms with van der Waals surface area (Å²) in [7, 11) is 0. The zero-order valence-electron chi connectivity index (χ0n) is 14.0. The summed E-state index contributed by atoms with van der Waals surface area (Å²) in [5.74, 6) is -1.84. The van der Waals surface area contributed by atoms with Gasteiger partial charge in [0.15, 0.2) is 11.6 Å². The van der Waals surface area contributed by atoms with Crippen LogP contribution in [0.1, 0.15) is 36.1 Å². The first kappa shape index (κ1) is 17.5. The number of aromatic nitrogens is 1. The third-order valence-corrected chi connectivity index (χ3v) is 4.66. The van der Waals surface area contributed by atoms with Gasteiger partial charge in [-0.1, -0.05) is 13.0 Å². The van der Waals surface area contributed by atoms with Crippen LogP contribution in [-0.2, 0) is 17.6 Å². The molecule has 0 unspecified atom stereocenters. The number of hydrogen-bond acceptors (Lipinski definition) is 3. The lowest BCUT2D eigenvalue weighted by Crippen LogP contribution is -2.43. The van der Waals surface area contributed by atoms with Crippen molar-refractivity contribution in [3.8, 4) is 0 Å². The first-order valence-corrected chi connectivity index (χ1v) is 8.33. The van der Waals surface area contributed by atoms with Gasteiger partial charge in [-0.15, -0.1) is 0 Å². The molecular formula is C19H20F2N2O2. The van der Waals surface area contributed by atoms with E-state index in [0.717, 1.165) is 0 Å². The number of halogens is 2. The average molecular weight is 346 g/mol. The number of fused-ring (bicyclic) bond motifs is 1. The molecule has 2 aromatic rings. The highest BCUT2D eigenvalue weighted by atomic mass is 19.2. The highest BCUT2D eigenvalue weighted by Crippen LogP contribution is 2.29. The zero-order chi connectivity index (χ0) is 18.0. The lowest BCUT2D eigenvalue weighted by molar-refractivity contribution is -0.134. The second-order valence-electron chi connectivity index (χ2n) is 6.30. The van der Waals surface area contributed by atoms with Crippen molar-refractivity contribution < 1.29 is 18.7 Å². The molecule has 1 aliphatic rings. The fraction of sp³-hybridized carbons (Fsp3) is 0.368. The molecule has 1 aromatic heterocycles. The van der Waals surface area contributed by atoms with Crippen molar-refractivity contribution in [3.63, 3.8) is 0 Å². The second-order valence-corrected chi connectivity index (χ2v) is 6.30. The third-order valence-electron chi connectivity index (χ3n) is 4.66. The van der Waals surface area contributed by atoms with E-state index in [1.165, 1.54) is 12.1 Å². The van der Waals surface area contributed by atoms with Gasteiger partial charge in [-0.05, 0) is 42.2 Å². The molecule has 0 bridgehead atoms. The van der Waals surface area contributed by atoms with Gasteiger partial charge in [0.25, 0.3) is 0 Å². The molecule has 132 valence electrons. The van der Waals surface area contributed by atoms with Gasteiger partial charge in [0.1, 0.15) is 0 Å². The van der Waals surface area contributed by atoms with Crippen LogP contribution < -0.4 is 0 Å². The maximum atomic E-state index is 13.5. The van der Waals surface area contributed by atoms with Gasteiger partial charge in [-0.25, -0.2) is 8.78 Å². The quantitative estimate of drug-likeness (QED) is 0.906. The summed E-state index contributed by atoms with van der Waals surface area (Å²) in [6, 6.07) is 5.67. The van der Waals surface area contributed by atoms with E-state index >= 15 is 0 Å². The Hall–Kier alpha value is -2.34. The average Bonchev–Trinajstić information content (AvgIpc) is 3.02. The summed E-state index contributed by atoms with van der Waals surface area (Å²) in [4.78, 5) is 18.0. The molecule has 6 heteroatoms. The Morgan fingerprint density at radius 2 is 1.96 bits per heavy atom. The molecule has 25 heavy (non-hydrogen) atoms. The number of aliphatic hydroxyl groups excluding tert-OH is 1. The van der Waals surface area contributed by atoms with Crippen LogP contribution in [0.15, 0.2) is 36.7 Å². The Labute approximate surface area is 145 Å². The number of aliphatic hydroxyl groups is 1. The van der Waals surface area contributed by atoms with Crippen LogP contribution in [0.2, 0.25) is 0 Å². The maximum Gasteiger partial charge on any atom is 0.222 e. The van der Waals surface area contributed by atoms with Crippen molar-refractivity contribution in [1.82, 2.24) is 9.88 Å². The minimum absolute atomic E-state index is 0.0957. The van der Waals surface area contributed by atoms with Crippen molar-refractivity contribution in [2.75, 3.05) is 6.54 Å². The molecule has 0 fully saturated rings. The number of carbonyl (C=O) groups is 1. The highest BCUT2D eigenvalue weighted by Gasteiger charge is 2.31. The largest absolute Gasteiger partial charge is 0.386 e. The van der Waals surface area contributed by atoms with Crippen LogP contribution in [-0.4, -0.2) is 33.5 Å². The summed E-state index contributed by atoms with van der Waals surface area (Å²) in [6.45, 7) is 1.88. The molecule has 1 heterocycles. The van der Waals surface area contributed by atoms with Crippen molar-refractivity contribution in [2.45, 2.75) is 38.3 Å². The smallest absolute Gasteiger partial charge is 0.222 e. The van der Waals surface area contributed by atoms with Crippen LogP contribution in [0.25, 0.3) is 0 Å². The van der Waals surface area contributed by atoms with Crippen LogP contribution in [0.3, 0.4) is 0 Å². The minimum atomic E-state index is -0.872. The van der Waals surface area contributed by atoms with E-state index in [0.29, 0.717) is 36.0 Å². The number of hydrogen-bond donors (Lipinski definition) is 1. The molecule has 0 spiro atoms. The van der Waals surface area contributed by atoms with Gasteiger partial charge in [0.05, 0.1) is 12.6 Å². The summed E-state index contributed by atoms with van der Waals surface area (Å²) < 4.78 is 26.9. The number of nitrogens with zero attached hydrogens (tertiary/aromatic N) is 2. The van der Waals surface area contributed by atoms with E-state index < -0.39 is 17.7 Å². The third kappa shape index (κ3) is 3.69. The molecule has 0 saturated carbocycles. The van der Waals surface area contributed by atoms with Crippen molar-refractivity contribution >= 4 is 5.91 Å². The van der Waals surface area contributed by atoms with Crippen molar-refractivity contribution in [1.29, 1.82) is 0 Å². The molecular weight excluding hydrogens is 326 g/mol. The van der Waals surface area contributed by atoms with Gasteiger partial charge in [-0.2, -0.15) is 0 Å². The topological polar surface area (TPSA) is 53.4 Å². The van der Waals surface area contributed by atoms with Gasteiger partial charge >= 0.3 is 0 Å². The van der Waals surface area contributed by atoms with Crippen molar-refractivity contribution in [2.24, 2.45) is 0 Å². The standard InChI is InChI=1S/C19H20F2N2O2/c1-2-19(25)23(11-18(24)12-4-3-5-22-10-12)15-6-13-8-16(20)17(21)9-14(13)7-15/h3-5,8-10,15,18,24H,2,6-7,11H2,1H3/t18-/m1/s1. The Bertz CT molecular complexity index is 737. The van der Waals surface area contributed by atoms with Crippen LogP contribution >= 0.6 is 0 Å². The number of benzene rings is 1. The van der Waals surface area contributed by atoms with E-state index in [-0.39, 0.29) is 18.5 Å². The fourth-order valence-electron chi connectivity index (χ4n) is 3.33. The first-order valence-electron chi connectivity index (χ1n) is 8.33. The number of pyridine rings is 1. The summed E-state index contributed by atoms with van der Waals surface area (Å²) >= 11 is 0. The zero-order valence-corrected chi connectivity index (χ0v) is 14.0. The first-order chi connectivity index (χ1) is 12.0. The number of rotatable bonds is 5. The Kier molecular flexibility index (Phi) is 5.08. The lowest BCUT2D eigenvalue weighted by atomic mass is 10.1. The molecule has 3 rings (SSSR count). The van der Waals surface area contributed by atoms with Crippen LogP contribution in [0, 0.1) is 11.6 Å². The second kappa shape index (κ2) is 7.27. The van der Waals surface area contributed by atoms with Crippen molar-refractivity contribution in [3.05, 3.63) is 65.0 Å². The Morgan fingerprint density at radius 3 is 2.48 bits per heavy atom. The monoisotopic (exact) mass is 346 g/mol. The predicted molar refractivity (Wildman–Crippen MR) is 88.8 cm³/mol. The molecule has 1 atom stereocenters. The molecule has 0 saturated heterocycles. The van der Waals surface area contributed by atoms with E-state index in [4.69, 9.17) is 0 Å². The van der Waals surface area contributed by atoms with E-state index in [2.05, 4.69) is 4.98 Å². The SMILES string of the molecule is CCC(=O)N(C[C@@H](O)c1cccnc1)C1Cc2cc(F)c(F)cc2C1. The normalized spacial score (nSPS) is 15.0. The molecule has 1 N–H and O–H groups in total. The Balaban J connectivity index is 1.79. The molecule has 1 aliphatic carbocycles. The number of carbonyl (C=O) groups excluding carboxylic acids is 1. The minimum Gasteiger partial charge on any atom is -0.386 e. The van der Waals surface area contributed by atoms with E-state index in [1.54, 1.807) is 36.4 Å². The van der Waals surface area contributed by atoms with Gasteiger partial charge in [-0.3, -0.25) is 9.78 Å². The maximum absolute atomic E-state index is 13.5. The number of amides is 1. The predicted octanol–water partition coefficient (Wildman–Crippen LogP) is 2.80. The Morgan fingerprint density at radius 1 is 1.32 bits per heavy atom. The van der Waals surface area contributed by atoms with E-state index in [9.17, 15) is 18.7 Å². The van der Waals surface area contributed by atoms with Crippen LogP contribution in [0.5, 0.6) is 0 Å². The molecule has 1 aromatic carbocycles. The summed E-state index contributed by atoms with van der Waals surface area (Å²) in [6.07, 6.45) is 3.53. The molecule has 4 nitrogen and oxygen atoms in total.